The molecule has 2 aromatic heterocycles. The molecular formula is C29H28FN5O2S. The Morgan fingerprint density at radius 3 is 2.55 bits per heavy atom. The Kier molecular flexibility index (Phi) is 7.22. The number of aryl methyl sites for hydroxylation is 1. The molecule has 0 radical (unpaired) electrons. The Bertz CT molecular complexity index is 1470. The molecule has 0 bridgehead atoms. The normalized spacial score (nSPS) is 16.9. The van der Waals surface area contributed by atoms with Gasteiger partial charge in [0, 0.05) is 41.8 Å². The molecule has 7 nitrogen and oxygen atoms in total. The third-order valence-electron chi connectivity index (χ3n) is 6.66. The maximum atomic E-state index is 14.1. The van der Waals surface area contributed by atoms with E-state index in [4.69, 9.17) is 17.0 Å². The number of rotatable bonds is 7. The van der Waals surface area contributed by atoms with E-state index in [0.29, 0.717) is 10.8 Å². The molecule has 5 rings (SSSR count). The Balaban J connectivity index is 1.58. The van der Waals surface area contributed by atoms with Gasteiger partial charge < -0.3 is 24.8 Å². The topological polar surface area (TPSA) is 71.4 Å². The van der Waals surface area contributed by atoms with Gasteiger partial charge in [0.1, 0.15) is 12.4 Å². The summed E-state index contributed by atoms with van der Waals surface area (Å²) in [7, 11) is 1.48. The predicted molar refractivity (Wildman–Crippen MR) is 150 cm³/mol. The first kappa shape index (κ1) is 25.6. The van der Waals surface area contributed by atoms with E-state index in [0.717, 1.165) is 34.0 Å². The standard InChI is InChI=1S/C29H28FN5O2S/c1-18-15-24(19(2)34(18)23-8-6-7-20(30)16-23)28-27(25-9-4-5-14-31-25)33-29(38)35(28)22-12-10-21(11-13-22)32-26(36)17-37-3/h4-16,27-28H,17H2,1-3H3,(H,32,36)(H,33,38). The first-order valence-corrected chi connectivity index (χ1v) is 12.6. The number of pyridine rings is 1. The van der Waals surface area contributed by atoms with Gasteiger partial charge in [-0.1, -0.05) is 12.1 Å². The van der Waals surface area contributed by atoms with Gasteiger partial charge in [-0.15, -0.1) is 0 Å². The van der Waals surface area contributed by atoms with E-state index < -0.39 is 0 Å². The van der Waals surface area contributed by atoms with E-state index in [1.165, 1.54) is 19.2 Å². The van der Waals surface area contributed by atoms with Gasteiger partial charge >= 0.3 is 0 Å². The number of hydrogen-bond donors (Lipinski definition) is 2. The number of thiocarbonyl (C=S) groups is 1. The lowest BCUT2D eigenvalue weighted by Crippen LogP contribution is -2.29. The van der Waals surface area contributed by atoms with Crippen LogP contribution in [-0.4, -0.2) is 34.3 Å². The number of nitrogens with one attached hydrogen (secondary N) is 2. The van der Waals surface area contributed by atoms with Gasteiger partial charge in [0.2, 0.25) is 5.91 Å². The smallest absolute Gasteiger partial charge is 0.250 e. The quantitative estimate of drug-likeness (QED) is 0.313. The minimum absolute atomic E-state index is 0.0172. The largest absolute Gasteiger partial charge is 0.375 e. The maximum absolute atomic E-state index is 14.1. The van der Waals surface area contributed by atoms with Crippen LogP contribution in [0.5, 0.6) is 0 Å². The fraction of sp³-hybridized carbons (Fsp3) is 0.207. The second-order valence-corrected chi connectivity index (χ2v) is 9.55. The summed E-state index contributed by atoms with van der Waals surface area (Å²) in [4.78, 5) is 18.6. The Morgan fingerprint density at radius 1 is 1.08 bits per heavy atom. The summed E-state index contributed by atoms with van der Waals surface area (Å²) < 4.78 is 21.1. The maximum Gasteiger partial charge on any atom is 0.250 e. The molecule has 38 heavy (non-hydrogen) atoms. The molecule has 1 aliphatic rings. The van der Waals surface area contributed by atoms with Gasteiger partial charge in [-0.3, -0.25) is 9.78 Å². The van der Waals surface area contributed by atoms with Crippen molar-refractivity contribution in [3.8, 4) is 5.69 Å². The molecule has 4 aromatic rings. The highest BCUT2D eigenvalue weighted by atomic mass is 32.1. The first-order valence-electron chi connectivity index (χ1n) is 12.2. The Hall–Kier alpha value is -4.08. The number of methoxy groups -OCH3 is 1. The number of halogens is 1. The second kappa shape index (κ2) is 10.7. The van der Waals surface area contributed by atoms with Gasteiger partial charge in [0.05, 0.1) is 17.8 Å². The van der Waals surface area contributed by atoms with Gasteiger partial charge in [-0.2, -0.15) is 0 Å². The fourth-order valence-electron chi connectivity index (χ4n) is 5.08. The van der Waals surface area contributed by atoms with Crippen LogP contribution < -0.4 is 15.5 Å². The van der Waals surface area contributed by atoms with Crippen LogP contribution in [0.25, 0.3) is 5.69 Å². The summed E-state index contributed by atoms with van der Waals surface area (Å²) in [5.74, 6) is -0.512. The number of benzene rings is 2. The zero-order valence-corrected chi connectivity index (χ0v) is 22.1. The highest BCUT2D eigenvalue weighted by Crippen LogP contribution is 2.43. The van der Waals surface area contributed by atoms with Crippen molar-refractivity contribution in [1.82, 2.24) is 14.9 Å². The molecule has 2 unspecified atom stereocenters. The van der Waals surface area contributed by atoms with E-state index in [1.54, 1.807) is 12.3 Å². The second-order valence-electron chi connectivity index (χ2n) is 9.17. The van der Waals surface area contributed by atoms with Crippen LogP contribution >= 0.6 is 12.2 Å². The molecule has 2 N–H and O–H groups in total. The molecule has 1 fully saturated rings. The third-order valence-corrected chi connectivity index (χ3v) is 6.97. The van der Waals surface area contributed by atoms with Crippen LogP contribution in [0.2, 0.25) is 0 Å². The summed E-state index contributed by atoms with van der Waals surface area (Å²) in [6.07, 6.45) is 1.77. The van der Waals surface area contributed by atoms with Crippen molar-refractivity contribution in [2.75, 3.05) is 23.9 Å². The number of carbonyl (C=O) groups is 1. The average molecular weight is 530 g/mol. The van der Waals surface area contributed by atoms with Crippen molar-refractivity contribution in [3.63, 3.8) is 0 Å². The van der Waals surface area contributed by atoms with Gasteiger partial charge in [0.25, 0.3) is 0 Å². The lowest BCUT2D eigenvalue weighted by molar-refractivity contribution is -0.119. The SMILES string of the molecule is COCC(=O)Nc1ccc(N2C(=S)NC(c3ccccn3)C2c2cc(C)n(-c3cccc(F)c3)c2C)cc1. The van der Waals surface area contributed by atoms with Crippen molar-refractivity contribution in [1.29, 1.82) is 0 Å². The molecule has 1 aliphatic heterocycles. The molecule has 1 amide bonds. The molecule has 2 aromatic carbocycles. The van der Waals surface area contributed by atoms with E-state index in [-0.39, 0.29) is 30.4 Å². The molecule has 1 saturated heterocycles. The Morgan fingerprint density at radius 2 is 1.87 bits per heavy atom. The number of nitrogens with zero attached hydrogens (tertiary/aromatic N) is 3. The molecule has 0 saturated carbocycles. The Labute approximate surface area is 226 Å². The molecule has 3 heterocycles. The number of hydrogen-bond acceptors (Lipinski definition) is 4. The highest BCUT2D eigenvalue weighted by Gasteiger charge is 2.42. The molecule has 0 aliphatic carbocycles. The van der Waals surface area contributed by atoms with Crippen LogP contribution in [-0.2, 0) is 9.53 Å². The molecule has 0 spiro atoms. The van der Waals surface area contributed by atoms with Crippen LogP contribution in [0.4, 0.5) is 15.8 Å². The van der Waals surface area contributed by atoms with E-state index in [9.17, 15) is 9.18 Å². The molecule has 2 atom stereocenters. The van der Waals surface area contributed by atoms with Crippen molar-refractivity contribution >= 4 is 34.6 Å². The molecule has 9 heteroatoms. The molecular weight excluding hydrogens is 501 g/mol. The number of ether oxygens (including phenoxy) is 1. The van der Waals surface area contributed by atoms with Gasteiger partial charge in [0.15, 0.2) is 5.11 Å². The summed E-state index contributed by atoms with van der Waals surface area (Å²) in [6.45, 7) is 4.03. The lowest BCUT2D eigenvalue weighted by Gasteiger charge is -2.28. The monoisotopic (exact) mass is 529 g/mol. The summed E-state index contributed by atoms with van der Waals surface area (Å²) in [6, 6.07) is 21.6. The lowest BCUT2D eigenvalue weighted by atomic mass is 9.96. The van der Waals surface area contributed by atoms with Crippen LogP contribution in [0, 0.1) is 19.7 Å². The number of aromatic nitrogens is 2. The summed E-state index contributed by atoms with van der Waals surface area (Å²) >= 11 is 5.85. The molecule has 194 valence electrons. The summed E-state index contributed by atoms with van der Waals surface area (Å²) in [5.41, 5.74) is 6.17. The summed E-state index contributed by atoms with van der Waals surface area (Å²) in [5, 5.41) is 6.86. The average Bonchev–Trinajstić information content (AvgIpc) is 3.40. The first-order chi connectivity index (χ1) is 18.4. The number of amides is 1. The van der Waals surface area contributed by atoms with Crippen molar-refractivity contribution in [3.05, 3.63) is 107 Å². The van der Waals surface area contributed by atoms with Crippen molar-refractivity contribution in [2.45, 2.75) is 25.9 Å². The fourth-order valence-corrected chi connectivity index (χ4v) is 5.43. The van der Waals surface area contributed by atoms with Crippen LogP contribution in [0.15, 0.2) is 79.0 Å². The third kappa shape index (κ3) is 4.90. The van der Waals surface area contributed by atoms with Crippen LogP contribution in [0.1, 0.15) is 34.7 Å². The van der Waals surface area contributed by atoms with Gasteiger partial charge in [-0.25, -0.2) is 4.39 Å². The van der Waals surface area contributed by atoms with E-state index in [2.05, 4.69) is 31.2 Å². The minimum atomic E-state index is -0.286. The van der Waals surface area contributed by atoms with Gasteiger partial charge in [-0.05, 0) is 92.3 Å². The van der Waals surface area contributed by atoms with Crippen molar-refractivity contribution in [2.24, 2.45) is 0 Å². The van der Waals surface area contributed by atoms with E-state index in [1.807, 2.05) is 62.4 Å². The predicted octanol–water partition coefficient (Wildman–Crippen LogP) is 5.39. The van der Waals surface area contributed by atoms with Crippen molar-refractivity contribution < 1.29 is 13.9 Å². The number of carbonyl (C=O) groups excluding carboxylic acids is 1. The zero-order chi connectivity index (χ0) is 26.8. The van der Waals surface area contributed by atoms with Crippen LogP contribution in [0.3, 0.4) is 0 Å². The minimum Gasteiger partial charge on any atom is -0.375 e. The van der Waals surface area contributed by atoms with E-state index >= 15 is 0 Å². The highest BCUT2D eigenvalue weighted by molar-refractivity contribution is 7.80. The number of anilines is 2. The zero-order valence-electron chi connectivity index (χ0n) is 21.3.